The number of hydrogen-bond donors (Lipinski definition) is 2. The highest BCUT2D eigenvalue weighted by atomic mass is 32.2. The lowest BCUT2D eigenvalue weighted by atomic mass is 10.1. The summed E-state index contributed by atoms with van der Waals surface area (Å²) >= 11 is 1.82. The minimum absolute atomic E-state index is 0.0493. The number of benzene rings is 1. The number of rotatable bonds is 5. The van der Waals surface area contributed by atoms with Crippen LogP contribution in [0.2, 0.25) is 0 Å². The summed E-state index contributed by atoms with van der Waals surface area (Å²) in [6.07, 6.45) is 5.15. The molecule has 2 atom stereocenters. The molecule has 20 heavy (non-hydrogen) atoms. The Morgan fingerprint density at radius 3 is 2.80 bits per heavy atom. The second kappa shape index (κ2) is 6.13. The van der Waals surface area contributed by atoms with E-state index in [2.05, 4.69) is 11.6 Å². The van der Waals surface area contributed by atoms with E-state index in [4.69, 9.17) is 0 Å². The van der Waals surface area contributed by atoms with Crippen LogP contribution in [-0.4, -0.2) is 33.5 Å². The largest absolute Gasteiger partial charge is 0.478 e. The van der Waals surface area contributed by atoms with E-state index in [-0.39, 0.29) is 17.3 Å². The molecule has 0 spiro atoms. The number of nitro groups is 1. The third-order valence-corrected chi connectivity index (χ3v) is 4.62. The standard InChI is InChI=1S/C13H16N2O4S/c1-20-10-4-2-8(6-10)14-12-5-3-9(15(18)19)7-11(12)13(16)17/h3,5,7-8,10,14H,2,4,6H2,1H3,(H,16,17). The Morgan fingerprint density at radius 1 is 1.50 bits per heavy atom. The van der Waals surface area contributed by atoms with Crippen molar-refractivity contribution in [3.05, 3.63) is 33.9 Å². The Balaban J connectivity index is 2.19. The van der Waals surface area contributed by atoms with E-state index in [0.717, 1.165) is 25.3 Å². The molecule has 0 saturated heterocycles. The fraction of sp³-hybridized carbons (Fsp3) is 0.462. The zero-order chi connectivity index (χ0) is 14.7. The van der Waals surface area contributed by atoms with E-state index < -0.39 is 10.9 Å². The van der Waals surface area contributed by atoms with Gasteiger partial charge in [0.15, 0.2) is 0 Å². The van der Waals surface area contributed by atoms with Crippen molar-refractivity contribution in [3.63, 3.8) is 0 Å². The summed E-state index contributed by atoms with van der Waals surface area (Å²) in [7, 11) is 0. The minimum atomic E-state index is -1.16. The molecule has 2 unspecified atom stereocenters. The first kappa shape index (κ1) is 14.6. The van der Waals surface area contributed by atoms with Gasteiger partial charge in [-0.15, -0.1) is 0 Å². The second-order valence-electron chi connectivity index (χ2n) is 4.80. The number of anilines is 1. The number of carboxylic acids is 1. The lowest BCUT2D eigenvalue weighted by Crippen LogP contribution is -2.18. The highest BCUT2D eigenvalue weighted by Crippen LogP contribution is 2.31. The lowest BCUT2D eigenvalue weighted by Gasteiger charge is -2.16. The van der Waals surface area contributed by atoms with E-state index in [1.807, 2.05) is 11.8 Å². The van der Waals surface area contributed by atoms with Crippen LogP contribution in [0.1, 0.15) is 29.6 Å². The van der Waals surface area contributed by atoms with Crippen molar-refractivity contribution >= 4 is 29.1 Å². The van der Waals surface area contributed by atoms with Gasteiger partial charge in [-0.1, -0.05) is 0 Å². The summed E-state index contributed by atoms with van der Waals surface area (Å²) in [6, 6.07) is 4.14. The van der Waals surface area contributed by atoms with Crippen molar-refractivity contribution in [2.24, 2.45) is 0 Å². The maximum absolute atomic E-state index is 11.2. The van der Waals surface area contributed by atoms with E-state index in [0.29, 0.717) is 10.9 Å². The highest BCUT2D eigenvalue weighted by molar-refractivity contribution is 7.99. The maximum Gasteiger partial charge on any atom is 0.338 e. The van der Waals surface area contributed by atoms with Gasteiger partial charge >= 0.3 is 5.97 Å². The van der Waals surface area contributed by atoms with E-state index in [1.165, 1.54) is 12.1 Å². The van der Waals surface area contributed by atoms with Crippen molar-refractivity contribution in [2.45, 2.75) is 30.6 Å². The van der Waals surface area contributed by atoms with Crippen LogP contribution < -0.4 is 5.32 Å². The van der Waals surface area contributed by atoms with Gasteiger partial charge in [-0.05, 0) is 31.6 Å². The smallest absolute Gasteiger partial charge is 0.338 e. The van der Waals surface area contributed by atoms with E-state index in [9.17, 15) is 20.0 Å². The number of hydrogen-bond acceptors (Lipinski definition) is 5. The lowest BCUT2D eigenvalue weighted by molar-refractivity contribution is -0.384. The van der Waals surface area contributed by atoms with Crippen molar-refractivity contribution in [1.82, 2.24) is 0 Å². The number of non-ortho nitro benzene ring substituents is 1. The van der Waals surface area contributed by atoms with E-state index >= 15 is 0 Å². The first-order valence-corrected chi connectivity index (χ1v) is 7.61. The summed E-state index contributed by atoms with van der Waals surface area (Å²) in [5.41, 5.74) is 0.197. The summed E-state index contributed by atoms with van der Waals surface area (Å²) in [5.74, 6) is -1.16. The third kappa shape index (κ3) is 3.22. The fourth-order valence-electron chi connectivity index (χ4n) is 2.45. The first-order valence-electron chi connectivity index (χ1n) is 6.32. The molecule has 1 aromatic carbocycles. The number of carbonyl (C=O) groups is 1. The Kier molecular flexibility index (Phi) is 4.49. The second-order valence-corrected chi connectivity index (χ2v) is 5.94. The zero-order valence-electron chi connectivity index (χ0n) is 11.0. The van der Waals surface area contributed by atoms with Crippen molar-refractivity contribution in [1.29, 1.82) is 0 Å². The minimum Gasteiger partial charge on any atom is -0.478 e. The number of thioether (sulfide) groups is 1. The van der Waals surface area contributed by atoms with Gasteiger partial charge in [0.05, 0.1) is 10.5 Å². The van der Waals surface area contributed by atoms with Crippen LogP contribution in [0.5, 0.6) is 0 Å². The molecule has 0 radical (unpaired) electrons. The van der Waals surface area contributed by atoms with Gasteiger partial charge in [-0.25, -0.2) is 4.79 Å². The van der Waals surface area contributed by atoms with Crippen molar-refractivity contribution in [3.8, 4) is 0 Å². The molecule has 7 heteroatoms. The monoisotopic (exact) mass is 296 g/mol. The number of carboxylic acid groups (broad SMARTS) is 1. The molecular weight excluding hydrogens is 280 g/mol. The Hall–Kier alpha value is -1.76. The quantitative estimate of drug-likeness (QED) is 0.641. The average molecular weight is 296 g/mol. The highest BCUT2D eigenvalue weighted by Gasteiger charge is 2.25. The molecule has 108 valence electrons. The van der Waals surface area contributed by atoms with Crippen LogP contribution >= 0.6 is 11.8 Å². The van der Waals surface area contributed by atoms with Gasteiger partial charge in [0.2, 0.25) is 0 Å². The molecule has 1 aromatic rings. The van der Waals surface area contributed by atoms with Gasteiger partial charge in [0, 0.05) is 29.1 Å². The molecule has 2 rings (SSSR count). The number of aromatic carboxylic acids is 1. The van der Waals surface area contributed by atoms with Crippen LogP contribution in [0.3, 0.4) is 0 Å². The number of nitro benzene ring substituents is 1. The average Bonchev–Trinajstić information content (AvgIpc) is 2.86. The Bertz CT molecular complexity index is 535. The number of nitrogens with one attached hydrogen (secondary N) is 1. The van der Waals surface area contributed by atoms with Gasteiger partial charge < -0.3 is 10.4 Å². The van der Waals surface area contributed by atoms with Gasteiger partial charge in [-0.2, -0.15) is 11.8 Å². The molecule has 0 aliphatic heterocycles. The van der Waals surface area contributed by atoms with Crippen LogP contribution in [0.15, 0.2) is 18.2 Å². The molecule has 1 fully saturated rings. The van der Waals surface area contributed by atoms with E-state index in [1.54, 1.807) is 0 Å². The van der Waals surface area contributed by atoms with Crippen LogP contribution in [-0.2, 0) is 0 Å². The topological polar surface area (TPSA) is 92.5 Å². The van der Waals surface area contributed by atoms with Gasteiger partial charge in [-0.3, -0.25) is 10.1 Å². The molecule has 6 nitrogen and oxygen atoms in total. The molecular formula is C13H16N2O4S. The zero-order valence-corrected chi connectivity index (χ0v) is 11.9. The number of nitrogens with zero attached hydrogens (tertiary/aromatic N) is 1. The van der Waals surface area contributed by atoms with Crippen molar-refractivity contribution < 1.29 is 14.8 Å². The van der Waals surface area contributed by atoms with Crippen molar-refractivity contribution in [2.75, 3.05) is 11.6 Å². The molecule has 2 N–H and O–H groups in total. The Labute approximate surface area is 120 Å². The SMILES string of the molecule is CSC1CCC(Nc2ccc([N+](=O)[O-])cc2C(=O)O)C1. The molecule has 1 saturated carbocycles. The fourth-order valence-corrected chi connectivity index (χ4v) is 3.25. The molecule has 0 bridgehead atoms. The molecule has 0 heterocycles. The predicted molar refractivity (Wildman–Crippen MR) is 78.6 cm³/mol. The predicted octanol–water partition coefficient (Wildman–Crippen LogP) is 2.99. The first-order chi connectivity index (χ1) is 9.51. The van der Waals surface area contributed by atoms with Gasteiger partial charge in [0.1, 0.15) is 0 Å². The van der Waals surface area contributed by atoms with Gasteiger partial charge in [0.25, 0.3) is 5.69 Å². The summed E-state index contributed by atoms with van der Waals surface area (Å²) in [5, 5.41) is 23.7. The van der Waals surface area contributed by atoms with Crippen LogP contribution in [0.4, 0.5) is 11.4 Å². The summed E-state index contributed by atoms with van der Waals surface area (Å²) in [4.78, 5) is 21.3. The Morgan fingerprint density at radius 2 is 2.25 bits per heavy atom. The summed E-state index contributed by atoms with van der Waals surface area (Å²) in [6.45, 7) is 0. The normalized spacial score (nSPS) is 21.6. The molecule has 1 aliphatic carbocycles. The van der Waals surface area contributed by atoms with Crippen LogP contribution in [0, 0.1) is 10.1 Å². The molecule has 0 aromatic heterocycles. The third-order valence-electron chi connectivity index (χ3n) is 3.52. The molecule has 1 aliphatic rings. The summed E-state index contributed by atoms with van der Waals surface area (Å²) < 4.78 is 0. The van der Waals surface area contributed by atoms with Crippen LogP contribution in [0.25, 0.3) is 0 Å². The molecule has 0 amide bonds. The maximum atomic E-state index is 11.2.